The minimum Gasteiger partial charge on any atom is -0.393 e. The van der Waals surface area contributed by atoms with Crippen LogP contribution in [-0.4, -0.2) is 22.4 Å². The van der Waals surface area contributed by atoms with Gasteiger partial charge in [-0.25, -0.2) is 0 Å². The second-order valence-corrected chi connectivity index (χ2v) is 9.57. The maximum Gasteiger partial charge on any atom is 0.0596 e. The minimum absolute atomic E-state index is 0.0909. The lowest BCUT2D eigenvalue weighted by Gasteiger charge is -2.62. The predicted molar refractivity (Wildman–Crippen MR) is 91.4 cm³/mol. The Morgan fingerprint density at radius 2 is 1.61 bits per heavy atom. The third-order valence-corrected chi connectivity index (χ3v) is 8.85. The van der Waals surface area contributed by atoms with Crippen LogP contribution in [0, 0.1) is 52.8 Å². The van der Waals surface area contributed by atoms with Crippen LogP contribution in [0.2, 0.25) is 0 Å². The summed E-state index contributed by atoms with van der Waals surface area (Å²) in [7, 11) is 0. The van der Waals surface area contributed by atoms with Crippen LogP contribution in [0.25, 0.3) is 0 Å². The third-order valence-electron chi connectivity index (χ3n) is 8.85. The average molecular weight is 316 g/mol. The molecule has 0 bridgehead atoms. The molecule has 0 aromatic heterocycles. The summed E-state index contributed by atoms with van der Waals surface area (Å²) in [5, 5.41) is 20.7. The summed E-state index contributed by atoms with van der Waals surface area (Å²) < 4.78 is 0. The molecule has 0 saturated heterocycles. The van der Waals surface area contributed by atoms with Crippen molar-refractivity contribution in [2.75, 3.05) is 0 Å². The largest absolute Gasteiger partial charge is 0.393 e. The summed E-state index contributed by atoms with van der Waals surface area (Å²) >= 11 is 0. The van der Waals surface area contributed by atoms with Crippen molar-refractivity contribution >= 4 is 0 Å². The van der Waals surface area contributed by atoms with E-state index in [4.69, 9.17) is 6.42 Å². The molecule has 0 heterocycles. The topological polar surface area (TPSA) is 40.5 Å². The minimum atomic E-state index is -0.134. The van der Waals surface area contributed by atoms with E-state index in [0.717, 1.165) is 44.9 Å². The first-order chi connectivity index (χ1) is 10.9. The fraction of sp³-hybridized carbons (Fsp3) is 0.905. The molecule has 4 rings (SSSR count). The lowest BCUT2D eigenvalue weighted by Crippen LogP contribution is -2.57. The molecule has 2 nitrogen and oxygen atoms in total. The Morgan fingerprint density at radius 3 is 2.35 bits per heavy atom. The standard InChI is InChI=1S/C21H32O2/c1-4-13-11-14-12-15(22)7-9-20(14,2)17-8-10-21(3)16(19(13)17)5-6-18(21)23/h1,13-19,22-23H,5-12H2,2-3H3/t13-,14?,15?,16?,17?,18+,19?,20+,21+/m1/s1. The molecule has 4 fully saturated rings. The Labute approximate surface area is 141 Å². The second kappa shape index (κ2) is 5.24. The molecular formula is C21H32O2. The first kappa shape index (κ1) is 16.0. The first-order valence-electron chi connectivity index (χ1n) is 9.72. The summed E-state index contributed by atoms with van der Waals surface area (Å²) in [6.07, 6.45) is 14.4. The van der Waals surface area contributed by atoms with E-state index < -0.39 is 0 Å². The SMILES string of the molecule is C#C[C@@H]1CC2CC(O)CC[C@]2(C)C2CC[C@@]3(C)C(CC[C@@H]3O)C21. The van der Waals surface area contributed by atoms with Gasteiger partial charge in [0.2, 0.25) is 0 Å². The molecule has 9 atom stereocenters. The number of hydrogen-bond acceptors (Lipinski definition) is 2. The smallest absolute Gasteiger partial charge is 0.0596 e. The van der Waals surface area contributed by atoms with Crippen LogP contribution in [0.3, 0.4) is 0 Å². The molecule has 2 N–H and O–H groups in total. The fourth-order valence-electron chi connectivity index (χ4n) is 7.39. The summed E-state index contributed by atoms with van der Waals surface area (Å²) in [6, 6.07) is 0. The van der Waals surface area contributed by atoms with Crippen LogP contribution in [0.1, 0.15) is 65.2 Å². The van der Waals surface area contributed by atoms with Gasteiger partial charge in [-0.3, -0.25) is 0 Å². The van der Waals surface area contributed by atoms with Crippen molar-refractivity contribution in [1.29, 1.82) is 0 Å². The van der Waals surface area contributed by atoms with Crippen molar-refractivity contribution in [1.82, 2.24) is 0 Å². The lowest BCUT2D eigenvalue weighted by molar-refractivity contribution is -0.147. The molecule has 0 amide bonds. The van der Waals surface area contributed by atoms with Gasteiger partial charge in [-0.05, 0) is 85.9 Å². The number of aliphatic hydroxyl groups excluding tert-OH is 2. The van der Waals surface area contributed by atoms with Gasteiger partial charge in [0.05, 0.1) is 12.2 Å². The highest BCUT2D eigenvalue weighted by atomic mass is 16.3. The van der Waals surface area contributed by atoms with Crippen LogP contribution < -0.4 is 0 Å². The zero-order chi connectivity index (χ0) is 16.4. The van der Waals surface area contributed by atoms with E-state index in [-0.39, 0.29) is 17.6 Å². The monoisotopic (exact) mass is 316 g/mol. The van der Waals surface area contributed by atoms with Gasteiger partial charge in [-0.2, -0.15) is 0 Å². The molecule has 0 aromatic rings. The van der Waals surface area contributed by atoms with Gasteiger partial charge in [-0.15, -0.1) is 12.3 Å². The molecular weight excluding hydrogens is 284 g/mol. The van der Waals surface area contributed by atoms with Crippen LogP contribution >= 0.6 is 0 Å². The lowest BCUT2D eigenvalue weighted by atomic mass is 9.43. The highest BCUT2D eigenvalue weighted by molar-refractivity contribution is 5.15. The van der Waals surface area contributed by atoms with Crippen LogP contribution in [0.15, 0.2) is 0 Å². The summed E-state index contributed by atoms with van der Waals surface area (Å²) in [4.78, 5) is 0. The Hall–Kier alpha value is -0.520. The Morgan fingerprint density at radius 1 is 0.913 bits per heavy atom. The number of fused-ring (bicyclic) bond motifs is 5. The van der Waals surface area contributed by atoms with Crippen molar-refractivity contribution in [3.8, 4) is 12.3 Å². The molecule has 23 heavy (non-hydrogen) atoms. The zero-order valence-electron chi connectivity index (χ0n) is 14.7. The average Bonchev–Trinajstić information content (AvgIpc) is 2.83. The van der Waals surface area contributed by atoms with Gasteiger partial charge >= 0.3 is 0 Å². The van der Waals surface area contributed by atoms with Crippen molar-refractivity contribution in [3.63, 3.8) is 0 Å². The van der Waals surface area contributed by atoms with E-state index in [0.29, 0.717) is 35.0 Å². The van der Waals surface area contributed by atoms with Gasteiger partial charge in [0, 0.05) is 5.92 Å². The van der Waals surface area contributed by atoms with Crippen molar-refractivity contribution in [3.05, 3.63) is 0 Å². The van der Waals surface area contributed by atoms with Crippen molar-refractivity contribution in [2.24, 2.45) is 40.4 Å². The molecule has 0 aliphatic heterocycles. The van der Waals surface area contributed by atoms with E-state index in [1.165, 1.54) is 6.42 Å². The van der Waals surface area contributed by atoms with Crippen molar-refractivity contribution < 1.29 is 10.2 Å². The summed E-state index contributed by atoms with van der Waals surface area (Å²) in [5.74, 6) is 5.96. The summed E-state index contributed by atoms with van der Waals surface area (Å²) in [5.41, 5.74) is 0.444. The molecule has 128 valence electrons. The van der Waals surface area contributed by atoms with Crippen molar-refractivity contribution in [2.45, 2.75) is 77.4 Å². The molecule has 0 radical (unpaired) electrons. The molecule has 0 spiro atoms. The maximum absolute atomic E-state index is 10.6. The van der Waals surface area contributed by atoms with E-state index in [1.807, 2.05) is 0 Å². The molecule has 2 heteroatoms. The summed E-state index contributed by atoms with van der Waals surface area (Å²) in [6.45, 7) is 4.81. The van der Waals surface area contributed by atoms with Gasteiger partial charge < -0.3 is 10.2 Å². The van der Waals surface area contributed by atoms with E-state index >= 15 is 0 Å². The molecule has 5 unspecified atom stereocenters. The Balaban J connectivity index is 1.71. The highest BCUT2D eigenvalue weighted by Gasteiger charge is 2.62. The zero-order valence-corrected chi connectivity index (χ0v) is 14.7. The first-order valence-corrected chi connectivity index (χ1v) is 9.72. The second-order valence-electron chi connectivity index (χ2n) is 9.57. The number of rotatable bonds is 0. The van der Waals surface area contributed by atoms with Crippen LogP contribution in [-0.2, 0) is 0 Å². The van der Waals surface area contributed by atoms with Crippen LogP contribution in [0.4, 0.5) is 0 Å². The van der Waals surface area contributed by atoms with Gasteiger partial charge in [0.15, 0.2) is 0 Å². The predicted octanol–water partition coefficient (Wildman–Crippen LogP) is 3.61. The Bertz CT molecular complexity index is 522. The van der Waals surface area contributed by atoms with E-state index in [9.17, 15) is 10.2 Å². The number of aliphatic hydroxyl groups is 2. The Kier molecular flexibility index (Phi) is 3.64. The van der Waals surface area contributed by atoms with Gasteiger partial charge in [0.1, 0.15) is 0 Å². The molecule has 4 saturated carbocycles. The van der Waals surface area contributed by atoms with Gasteiger partial charge in [-0.1, -0.05) is 13.8 Å². The number of terminal acetylenes is 1. The third kappa shape index (κ3) is 2.09. The molecule has 0 aromatic carbocycles. The highest BCUT2D eigenvalue weighted by Crippen LogP contribution is 2.67. The molecule has 4 aliphatic carbocycles. The fourth-order valence-corrected chi connectivity index (χ4v) is 7.39. The van der Waals surface area contributed by atoms with E-state index in [2.05, 4.69) is 19.8 Å². The van der Waals surface area contributed by atoms with Crippen LogP contribution in [0.5, 0.6) is 0 Å². The van der Waals surface area contributed by atoms with E-state index in [1.54, 1.807) is 0 Å². The normalized spacial score (nSPS) is 58.7. The van der Waals surface area contributed by atoms with Gasteiger partial charge in [0.25, 0.3) is 0 Å². The molecule has 4 aliphatic rings. The maximum atomic E-state index is 10.6. The number of hydrogen-bond donors (Lipinski definition) is 2. The quantitative estimate of drug-likeness (QED) is 0.670.